The first-order chi connectivity index (χ1) is 11.8. The molecule has 4 nitrogen and oxygen atoms in total. The fourth-order valence-electron chi connectivity index (χ4n) is 2.01. The van der Waals surface area contributed by atoms with Crippen molar-refractivity contribution in [1.82, 2.24) is 0 Å². The molecule has 25 heavy (non-hydrogen) atoms. The summed E-state index contributed by atoms with van der Waals surface area (Å²) in [5.74, 6) is -0.470. The van der Waals surface area contributed by atoms with Crippen molar-refractivity contribution in [3.8, 4) is 0 Å². The number of hydrogen-bond donors (Lipinski definition) is 2. The van der Waals surface area contributed by atoms with E-state index in [1.54, 1.807) is 25.1 Å². The minimum absolute atomic E-state index is 0.0975. The third kappa shape index (κ3) is 5.46. The lowest BCUT2D eigenvalue weighted by Gasteiger charge is -2.13. The van der Waals surface area contributed by atoms with Gasteiger partial charge in [0.15, 0.2) is 5.11 Å². The van der Waals surface area contributed by atoms with Crippen LogP contribution < -0.4 is 10.6 Å². The van der Waals surface area contributed by atoms with Gasteiger partial charge in [0.1, 0.15) is 0 Å². The number of ether oxygens (including phenoxy) is 1. The summed E-state index contributed by atoms with van der Waals surface area (Å²) in [5, 5.41) is 5.60. The van der Waals surface area contributed by atoms with E-state index in [2.05, 4.69) is 10.6 Å². The lowest BCUT2D eigenvalue weighted by molar-refractivity contribution is -0.137. The van der Waals surface area contributed by atoms with Crippen molar-refractivity contribution < 1.29 is 22.7 Å². The van der Waals surface area contributed by atoms with Crippen LogP contribution in [0.25, 0.3) is 0 Å². The molecule has 0 bridgehead atoms. The third-order valence-electron chi connectivity index (χ3n) is 3.08. The van der Waals surface area contributed by atoms with Crippen molar-refractivity contribution in [3.05, 3.63) is 59.7 Å². The minimum Gasteiger partial charge on any atom is -0.462 e. The fourth-order valence-corrected chi connectivity index (χ4v) is 2.24. The van der Waals surface area contributed by atoms with Gasteiger partial charge in [-0.05, 0) is 55.5 Å². The number of nitrogens with one attached hydrogen (secondary N) is 2. The zero-order valence-corrected chi connectivity index (χ0v) is 14.0. The zero-order valence-electron chi connectivity index (χ0n) is 13.2. The molecular formula is C17H15F3N2O2S. The van der Waals surface area contributed by atoms with Gasteiger partial charge in [-0.1, -0.05) is 12.1 Å². The number of alkyl halides is 3. The van der Waals surface area contributed by atoms with E-state index in [0.717, 1.165) is 12.1 Å². The molecular weight excluding hydrogens is 353 g/mol. The number of halogens is 3. The molecule has 2 aromatic rings. The smallest absolute Gasteiger partial charge is 0.416 e. The Labute approximate surface area is 148 Å². The molecule has 0 aliphatic rings. The summed E-state index contributed by atoms with van der Waals surface area (Å²) in [6.07, 6.45) is -4.43. The van der Waals surface area contributed by atoms with Crippen LogP contribution in [0.2, 0.25) is 0 Å². The molecule has 2 N–H and O–H groups in total. The Kier molecular flexibility index (Phi) is 5.97. The second-order valence-corrected chi connectivity index (χ2v) is 5.37. The third-order valence-corrected chi connectivity index (χ3v) is 3.28. The molecule has 0 amide bonds. The number of thiocarbonyl (C=S) groups is 1. The summed E-state index contributed by atoms with van der Waals surface area (Å²) in [6.45, 7) is 1.96. The highest BCUT2D eigenvalue weighted by Gasteiger charge is 2.30. The van der Waals surface area contributed by atoms with Crippen molar-refractivity contribution in [1.29, 1.82) is 0 Å². The average molecular weight is 368 g/mol. The molecule has 0 saturated heterocycles. The summed E-state index contributed by atoms with van der Waals surface area (Å²) < 4.78 is 43.1. The zero-order chi connectivity index (χ0) is 18.4. The van der Waals surface area contributed by atoms with Crippen LogP contribution in [0.4, 0.5) is 24.5 Å². The Hall–Kier alpha value is -2.61. The largest absolute Gasteiger partial charge is 0.462 e. The van der Waals surface area contributed by atoms with Gasteiger partial charge in [0, 0.05) is 11.4 Å². The lowest BCUT2D eigenvalue weighted by Crippen LogP contribution is -2.19. The molecule has 0 heterocycles. The molecule has 0 unspecified atom stereocenters. The summed E-state index contributed by atoms with van der Waals surface area (Å²) in [7, 11) is 0. The first-order valence-electron chi connectivity index (χ1n) is 7.32. The van der Waals surface area contributed by atoms with Crippen molar-refractivity contribution in [2.75, 3.05) is 17.2 Å². The number of esters is 1. The predicted molar refractivity (Wildman–Crippen MR) is 93.7 cm³/mol. The van der Waals surface area contributed by atoms with Gasteiger partial charge < -0.3 is 15.4 Å². The summed E-state index contributed by atoms with van der Waals surface area (Å²) in [5.41, 5.74) is 0.280. The van der Waals surface area contributed by atoms with Gasteiger partial charge in [-0.2, -0.15) is 13.2 Å². The van der Waals surface area contributed by atoms with Crippen LogP contribution in [0, 0.1) is 0 Å². The highest BCUT2D eigenvalue weighted by molar-refractivity contribution is 7.80. The number of carbonyl (C=O) groups excluding carboxylic acids is 1. The fraction of sp³-hybridized carbons (Fsp3) is 0.176. The first-order valence-corrected chi connectivity index (χ1v) is 7.73. The second-order valence-electron chi connectivity index (χ2n) is 4.96. The summed E-state index contributed by atoms with van der Waals surface area (Å²) >= 11 is 5.10. The molecule has 0 aliphatic carbocycles. The highest BCUT2D eigenvalue weighted by Crippen LogP contribution is 2.30. The van der Waals surface area contributed by atoms with Crippen molar-refractivity contribution in [2.45, 2.75) is 13.1 Å². The summed E-state index contributed by atoms with van der Waals surface area (Å²) in [4.78, 5) is 11.7. The lowest BCUT2D eigenvalue weighted by atomic mass is 10.2. The Morgan fingerprint density at radius 1 is 1.08 bits per heavy atom. The van der Waals surface area contributed by atoms with E-state index in [4.69, 9.17) is 17.0 Å². The Morgan fingerprint density at radius 3 is 2.28 bits per heavy atom. The van der Waals surface area contributed by atoms with Gasteiger partial charge in [-0.15, -0.1) is 0 Å². The average Bonchev–Trinajstić information content (AvgIpc) is 2.54. The maximum atomic E-state index is 12.7. The van der Waals surface area contributed by atoms with Crippen LogP contribution in [0.3, 0.4) is 0 Å². The SMILES string of the molecule is CCOC(=O)c1cccc(NC(=S)Nc2cccc(C(F)(F)F)c2)c1. The molecule has 0 atom stereocenters. The number of anilines is 2. The van der Waals surface area contributed by atoms with Crippen molar-refractivity contribution in [2.24, 2.45) is 0 Å². The molecule has 0 spiro atoms. The monoisotopic (exact) mass is 368 g/mol. The normalized spacial score (nSPS) is 10.9. The topological polar surface area (TPSA) is 50.4 Å². The van der Waals surface area contributed by atoms with Crippen LogP contribution >= 0.6 is 12.2 Å². The quantitative estimate of drug-likeness (QED) is 0.606. The Morgan fingerprint density at radius 2 is 1.68 bits per heavy atom. The van der Waals surface area contributed by atoms with Gasteiger partial charge in [0.2, 0.25) is 0 Å². The number of carbonyl (C=O) groups is 1. The van der Waals surface area contributed by atoms with E-state index in [0.29, 0.717) is 11.3 Å². The van der Waals surface area contributed by atoms with Crippen LogP contribution in [0.1, 0.15) is 22.8 Å². The van der Waals surface area contributed by atoms with E-state index < -0.39 is 17.7 Å². The van der Waals surface area contributed by atoms with Crippen LogP contribution in [0.15, 0.2) is 48.5 Å². The number of hydrogen-bond acceptors (Lipinski definition) is 3. The van der Waals surface area contributed by atoms with Crippen LogP contribution in [0.5, 0.6) is 0 Å². The number of benzene rings is 2. The molecule has 8 heteroatoms. The molecule has 0 radical (unpaired) electrons. The molecule has 0 fully saturated rings. The van der Waals surface area contributed by atoms with Gasteiger partial charge in [0.25, 0.3) is 0 Å². The van der Waals surface area contributed by atoms with Crippen LogP contribution in [-0.4, -0.2) is 17.7 Å². The van der Waals surface area contributed by atoms with Gasteiger partial charge >= 0.3 is 12.1 Å². The van der Waals surface area contributed by atoms with Gasteiger partial charge in [-0.25, -0.2) is 4.79 Å². The van der Waals surface area contributed by atoms with E-state index in [-0.39, 0.29) is 17.4 Å². The maximum Gasteiger partial charge on any atom is 0.416 e. The molecule has 132 valence electrons. The van der Waals surface area contributed by atoms with Crippen molar-refractivity contribution in [3.63, 3.8) is 0 Å². The van der Waals surface area contributed by atoms with E-state index in [1.807, 2.05) is 0 Å². The maximum absolute atomic E-state index is 12.7. The molecule has 0 saturated carbocycles. The first kappa shape index (κ1) is 18.7. The molecule has 0 aliphatic heterocycles. The highest BCUT2D eigenvalue weighted by atomic mass is 32.1. The second kappa shape index (κ2) is 7.98. The Bertz CT molecular complexity index is 778. The van der Waals surface area contributed by atoms with Gasteiger partial charge in [-0.3, -0.25) is 0 Å². The molecule has 2 rings (SSSR count). The molecule has 2 aromatic carbocycles. The number of rotatable bonds is 4. The molecule has 0 aromatic heterocycles. The van der Waals surface area contributed by atoms with Crippen LogP contribution in [-0.2, 0) is 10.9 Å². The minimum atomic E-state index is -4.43. The van der Waals surface area contributed by atoms with E-state index >= 15 is 0 Å². The van der Waals surface area contributed by atoms with E-state index in [1.165, 1.54) is 18.2 Å². The Balaban J connectivity index is 2.06. The summed E-state index contributed by atoms with van der Waals surface area (Å²) in [6, 6.07) is 11.1. The predicted octanol–water partition coefficient (Wildman–Crippen LogP) is 4.69. The van der Waals surface area contributed by atoms with E-state index in [9.17, 15) is 18.0 Å². The van der Waals surface area contributed by atoms with Crippen molar-refractivity contribution >= 4 is 34.7 Å². The van der Waals surface area contributed by atoms with Gasteiger partial charge in [0.05, 0.1) is 17.7 Å². The standard InChI is InChI=1S/C17H15F3N2O2S/c1-2-24-15(23)11-5-3-7-13(9-11)21-16(25)22-14-8-4-6-12(10-14)17(18,19)20/h3-10H,2H2,1H3,(H2,21,22,25).